The number of ether oxygens (including phenoxy) is 3. The maximum atomic E-state index is 13.0. The predicted molar refractivity (Wildman–Crippen MR) is 115 cm³/mol. The van der Waals surface area contributed by atoms with Gasteiger partial charge in [-0.2, -0.15) is 4.72 Å². The summed E-state index contributed by atoms with van der Waals surface area (Å²) < 4.78 is 38.7. The molecule has 31 heavy (non-hydrogen) atoms. The second-order valence-electron chi connectivity index (χ2n) is 6.83. The molecule has 1 N–H and O–H groups in total. The molecule has 9 heteroatoms. The van der Waals surface area contributed by atoms with Gasteiger partial charge in [-0.15, -0.1) is 0 Å². The van der Waals surface area contributed by atoms with Gasteiger partial charge in [-0.05, 0) is 31.0 Å². The van der Waals surface area contributed by atoms with Crippen LogP contribution in [0.3, 0.4) is 0 Å². The minimum absolute atomic E-state index is 0.335. The number of nitrogens with one attached hydrogen (secondary N) is 1. The van der Waals surface area contributed by atoms with Gasteiger partial charge in [-0.25, -0.2) is 4.98 Å². The van der Waals surface area contributed by atoms with Gasteiger partial charge in [0.15, 0.2) is 11.3 Å². The topological polar surface area (TPSA) is 102 Å². The number of hydrogen-bond donors (Lipinski definition) is 1. The van der Waals surface area contributed by atoms with Crippen molar-refractivity contribution in [2.75, 3.05) is 18.4 Å². The lowest BCUT2D eigenvalue weighted by atomic mass is 10.0. The summed E-state index contributed by atoms with van der Waals surface area (Å²) in [4.78, 5) is 4.73. The maximum absolute atomic E-state index is 13.0. The number of para-hydroxylation sites is 1. The van der Waals surface area contributed by atoms with E-state index in [1.165, 1.54) is 7.11 Å². The van der Waals surface area contributed by atoms with Crippen LogP contribution < -0.4 is 18.9 Å². The molecular weight excluding hydrogens is 418 g/mol. The molecule has 8 nitrogen and oxygen atoms in total. The molecule has 1 aliphatic rings. The van der Waals surface area contributed by atoms with E-state index in [4.69, 9.17) is 18.7 Å². The monoisotopic (exact) mass is 437 g/mol. The van der Waals surface area contributed by atoms with E-state index in [1.807, 2.05) is 18.2 Å². The van der Waals surface area contributed by atoms with E-state index in [-0.39, 0.29) is 0 Å². The minimum Gasteiger partial charge on any atom is -0.588 e. The van der Waals surface area contributed by atoms with Crippen molar-refractivity contribution < 1.29 is 23.3 Å². The molecule has 3 heterocycles. The van der Waals surface area contributed by atoms with Crippen LogP contribution in [0.4, 0.5) is 5.82 Å². The van der Waals surface area contributed by atoms with Crippen molar-refractivity contribution in [3.05, 3.63) is 60.3 Å². The van der Waals surface area contributed by atoms with Crippen LogP contribution in [0.1, 0.15) is 12.0 Å². The van der Waals surface area contributed by atoms with E-state index in [9.17, 15) is 4.55 Å². The molecule has 1 unspecified atom stereocenters. The van der Waals surface area contributed by atoms with Gasteiger partial charge in [0, 0.05) is 23.9 Å². The average Bonchev–Trinajstić information content (AvgIpc) is 3.22. The first-order valence-electron chi connectivity index (χ1n) is 9.73. The molecule has 0 spiro atoms. The van der Waals surface area contributed by atoms with Gasteiger partial charge in [-0.3, -0.25) is 0 Å². The smallest absolute Gasteiger partial charge is 0.224 e. The Kier molecular flexibility index (Phi) is 5.27. The normalized spacial score (nSPS) is 13.9. The van der Waals surface area contributed by atoms with E-state index in [0.717, 1.165) is 18.4 Å². The number of hydrogen-bond acceptors (Lipinski definition) is 8. The van der Waals surface area contributed by atoms with Crippen molar-refractivity contribution in [3.63, 3.8) is 0 Å². The van der Waals surface area contributed by atoms with Gasteiger partial charge >= 0.3 is 0 Å². The maximum Gasteiger partial charge on any atom is 0.224 e. The number of aromatic nitrogens is 2. The Morgan fingerprint density at radius 3 is 2.84 bits per heavy atom. The van der Waals surface area contributed by atoms with Crippen molar-refractivity contribution in [3.8, 4) is 23.1 Å². The molecule has 0 amide bonds. The molecule has 0 saturated carbocycles. The van der Waals surface area contributed by atoms with E-state index >= 15 is 0 Å². The van der Waals surface area contributed by atoms with E-state index in [2.05, 4.69) is 14.9 Å². The number of methoxy groups -OCH3 is 1. The van der Waals surface area contributed by atoms with Crippen LogP contribution in [0.5, 0.6) is 23.1 Å². The lowest BCUT2D eigenvalue weighted by Gasteiger charge is -2.21. The highest BCUT2D eigenvalue weighted by atomic mass is 32.2. The van der Waals surface area contributed by atoms with Crippen LogP contribution in [0.15, 0.2) is 64.1 Å². The van der Waals surface area contributed by atoms with E-state index in [1.54, 1.807) is 36.5 Å². The molecule has 2 aromatic heterocycles. The lowest BCUT2D eigenvalue weighted by molar-refractivity contribution is 0.288. The molecule has 1 atom stereocenters. The van der Waals surface area contributed by atoms with Crippen LogP contribution in [0, 0.1) is 0 Å². The average molecular weight is 437 g/mol. The summed E-state index contributed by atoms with van der Waals surface area (Å²) in [7, 11) is 1.54. The molecular formula is C22H19N3O5S. The van der Waals surface area contributed by atoms with Crippen molar-refractivity contribution in [2.24, 2.45) is 0 Å². The molecule has 158 valence electrons. The summed E-state index contributed by atoms with van der Waals surface area (Å²) in [6.45, 7) is 0.565. The summed E-state index contributed by atoms with van der Waals surface area (Å²) in [5, 5.41) is 4.73. The predicted octanol–water partition coefficient (Wildman–Crippen LogP) is 4.48. The Bertz CT molecular complexity index is 1210. The highest BCUT2D eigenvalue weighted by Crippen LogP contribution is 2.44. The number of pyridine rings is 1. The summed E-state index contributed by atoms with van der Waals surface area (Å²) in [6, 6.07) is 14.3. The SMILES string of the molecule is COc1ccccc1[S+]([O-])Nc1noc2cc(Oc3ccccn3)c3c(c12)OCCC3. The fourth-order valence-electron chi connectivity index (χ4n) is 3.50. The van der Waals surface area contributed by atoms with E-state index < -0.39 is 11.4 Å². The van der Waals surface area contributed by atoms with Gasteiger partial charge in [0.1, 0.15) is 28.2 Å². The third-order valence-corrected chi connectivity index (χ3v) is 6.02. The van der Waals surface area contributed by atoms with Crippen molar-refractivity contribution in [1.29, 1.82) is 0 Å². The zero-order chi connectivity index (χ0) is 21.2. The number of rotatable bonds is 6. The quantitative estimate of drug-likeness (QED) is 0.441. The standard InChI is InChI=1S/C22H19N3O5S/c1-27-15-8-2-3-9-18(15)31(26)25-22-20-17(30-24-22)13-16(14-7-6-12-28-21(14)20)29-19-10-4-5-11-23-19/h2-5,8-11,13H,6-7,12H2,1H3,(H,24,25). The van der Waals surface area contributed by atoms with Gasteiger partial charge < -0.3 is 23.3 Å². The highest BCUT2D eigenvalue weighted by Gasteiger charge is 2.28. The Labute approximate surface area is 181 Å². The molecule has 0 radical (unpaired) electrons. The molecule has 2 aromatic carbocycles. The van der Waals surface area contributed by atoms with Gasteiger partial charge in [0.25, 0.3) is 0 Å². The second-order valence-corrected chi connectivity index (χ2v) is 8.01. The first kappa shape index (κ1) is 19.5. The van der Waals surface area contributed by atoms with Crippen LogP contribution in [-0.4, -0.2) is 28.4 Å². The minimum atomic E-state index is -1.61. The zero-order valence-electron chi connectivity index (χ0n) is 16.7. The summed E-state index contributed by atoms with van der Waals surface area (Å²) >= 11 is -1.61. The van der Waals surface area contributed by atoms with Crippen LogP contribution >= 0.6 is 0 Å². The number of fused-ring (bicyclic) bond motifs is 3. The van der Waals surface area contributed by atoms with Crippen LogP contribution in [0.25, 0.3) is 11.0 Å². The highest BCUT2D eigenvalue weighted by molar-refractivity contribution is 7.92. The molecule has 4 aromatic rings. The number of nitrogens with zero attached hydrogens (tertiary/aromatic N) is 2. The molecule has 5 rings (SSSR count). The summed E-state index contributed by atoms with van der Waals surface area (Å²) in [5.74, 6) is 2.56. The fourth-order valence-corrected chi connectivity index (χ4v) is 4.47. The van der Waals surface area contributed by atoms with Gasteiger partial charge in [0.05, 0.1) is 13.7 Å². The van der Waals surface area contributed by atoms with Gasteiger partial charge in [0.2, 0.25) is 16.6 Å². The largest absolute Gasteiger partial charge is 0.588 e. The molecule has 1 aliphatic heterocycles. The van der Waals surface area contributed by atoms with E-state index in [0.29, 0.717) is 51.4 Å². The first-order valence-corrected chi connectivity index (χ1v) is 10.9. The lowest BCUT2D eigenvalue weighted by Crippen LogP contribution is -2.15. The third-order valence-electron chi connectivity index (χ3n) is 4.91. The van der Waals surface area contributed by atoms with Crippen molar-refractivity contribution >= 4 is 28.1 Å². The number of anilines is 1. The van der Waals surface area contributed by atoms with Gasteiger partial charge in [-0.1, -0.05) is 23.4 Å². The number of benzene rings is 2. The fraction of sp³-hybridized carbons (Fsp3) is 0.182. The Morgan fingerprint density at radius 2 is 2.00 bits per heavy atom. The summed E-state index contributed by atoms with van der Waals surface area (Å²) in [5.41, 5.74) is 1.37. The first-order chi connectivity index (χ1) is 15.2. The Hall–Kier alpha value is -3.43. The second kappa shape index (κ2) is 8.37. The summed E-state index contributed by atoms with van der Waals surface area (Å²) in [6.07, 6.45) is 3.30. The Balaban J connectivity index is 1.54. The molecule has 0 bridgehead atoms. The molecule has 0 saturated heterocycles. The van der Waals surface area contributed by atoms with Crippen molar-refractivity contribution in [1.82, 2.24) is 10.1 Å². The van der Waals surface area contributed by atoms with Crippen molar-refractivity contribution in [2.45, 2.75) is 17.7 Å². The Morgan fingerprint density at radius 1 is 1.13 bits per heavy atom. The van der Waals surface area contributed by atoms with Crippen LogP contribution in [-0.2, 0) is 17.8 Å². The third kappa shape index (κ3) is 3.73. The zero-order valence-corrected chi connectivity index (χ0v) is 17.5. The van der Waals surface area contributed by atoms with Crippen LogP contribution in [0.2, 0.25) is 0 Å². The molecule has 0 fully saturated rings. The molecule has 0 aliphatic carbocycles.